The highest BCUT2D eigenvalue weighted by atomic mass is 35.5. The van der Waals surface area contributed by atoms with Crippen LogP contribution in [0, 0.1) is 0 Å². The predicted molar refractivity (Wildman–Crippen MR) is 74.6 cm³/mol. The summed E-state index contributed by atoms with van der Waals surface area (Å²) in [4.78, 5) is 4.47. The summed E-state index contributed by atoms with van der Waals surface area (Å²) in [5, 5.41) is 5.04. The first-order valence-electron chi connectivity index (χ1n) is 5.87. The number of pyridine rings is 1. The largest absolute Gasteiger partial charge is 0.453 e. The lowest BCUT2D eigenvalue weighted by Gasteiger charge is -2.08. The van der Waals surface area contributed by atoms with Crippen molar-refractivity contribution >= 4 is 22.5 Å². The number of rotatable bonds is 3. The summed E-state index contributed by atoms with van der Waals surface area (Å²) in [7, 11) is 1.85. The van der Waals surface area contributed by atoms with Crippen molar-refractivity contribution in [2.24, 2.45) is 7.05 Å². The molecule has 0 atom stereocenters. The van der Waals surface area contributed by atoms with Crippen LogP contribution in [0.2, 0.25) is 0 Å². The van der Waals surface area contributed by atoms with Crippen molar-refractivity contribution in [1.82, 2.24) is 14.8 Å². The molecule has 3 rings (SSSR count). The first kappa shape index (κ1) is 12.0. The average molecular weight is 274 g/mol. The molecule has 0 bridgehead atoms. The molecule has 0 saturated heterocycles. The zero-order valence-corrected chi connectivity index (χ0v) is 11.1. The molecule has 4 nitrogen and oxygen atoms in total. The third-order valence-corrected chi connectivity index (χ3v) is 3.05. The normalized spacial score (nSPS) is 10.8. The van der Waals surface area contributed by atoms with Crippen LogP contribution in [0.1, 0.15) is 5.69 Å². The van der Waals surface area contributed by atoms with Gasteiger partial charge in [-0.25, -0.2) is 0 Å². The van der Waals surface area contributed by atoms with Crippen LogP contribution in [0.3, 0.4) is 0 Å². The molecular weight excluding hydrogens is 262 g/mol. The Hall–Kier alpha value is -2.07. The number of alkyl halides is 1. The molecule has 96 valence electrons. The van der Waals surface area contributed by atoms with Crippen molar-refractivity contribution < 1.29 is 4.74 Å². The van der Waals surface area contributed by atoms with Crippen LogP contribution in [0.15, 0.2) is 42.7 Å². The van der Waals surface area contributed by atoms with Crippen LogP contribution < -0.4 is 4.74 Å². The molecule has 0 amide bonds. The topological polar surface area (TPSA) is 39.9 Å². The molecule has 3 aromatic rings. The maximum absolute atomic E-state index is 5.87. The van der Waals surface area contributed by atoms with Gasteiger partial charge in [0.05, 0.1) is 29.5 Å². The van der Waals surface area contributed by atoms with E-state index in [1.165, 1.54) is 0 Å². The molecule has 0 spiro atoms. The molecule has 5 heteroatoms. The summed E-state index contributed by atoms with van der Waals surface area (Å²) < 4.78 is 7.57. The molecule has 0 N–H and O–H groups in total. The van der Waals surface area contributed by atoms with E-state index >= 15 is 0 Å². The van der Waals surface area contributed by atoms with Gasteiger partial charge in [-0.2, -0.15) is 5.10 Å². The van der Waals surface area contributed by atoms with E-state index in [1.54, 1.807) is 10.9 Å². The minimum atomic E-state index is 0.355. The number of halogens is 1. The summed E-state index contributed by atoms with van der Waals surface area (Å²) in [5.74, 6) is 1.79. The Morgan fingerprint density at radius 3 is 2.89 bits per heavy atom. The molecule has 19 heavy (non-hydrogen) atoms. The lowest BCUT2D eigenvalue weighted by atomic mass is 10.2. The van der Waals surface area contributed by atoms with Gasteiger partial charge in [-0.1, -0.05) is 12.1 Å². The fraction of sp³-hybridized carbons (Fsp3) is 0.143. The van der Waals surface area contributed by atoms with Gasteiger partial charge < -0.3 is 4.74 Å². The Balaban J connectivity index is 2.10. The SMILES string of the molecule is Cn1cc(Oc2cc(CCl)nc3ccccc23)cn1. The molecule has 2 aromatic heterocycles. The minimum Gasteiger partial charge on any atom is -0.453 e. The number of hydrogen-bond donors (Lipinski definition) is 0. The van der Waals surface area contributed by atoms with Crippen LogP contribution in [0.4, 0.5) is 0 Å². The number of nitrogens with zero attached hydrogens (tertiary/aromatic N) is 3. The van der Waals surface area contributed by atoms with Crippen LogP contribution in [0.5, 0.6) is 11.5 Å². The Morgan fingerprint density at radius 1 is 1.32 bits per heavy atom. The Labute approximate surface area is 115 Å². The molecule has 0 fully saturated rings. The molecule has 0 saturated carbocycles. The Kier molecular flexibility index (Phi) is 3.09. The second-order valence-electron chi connectivity index (χ2n) is 4.21. The third kappa shape index (κ3) is 2.39. The van der Waals surface area contributed by atoms with E-state index in [-0.39, 0.29) is 0 Å². The van der Waals surface area contributed by atoms with Crippen molar-refractivity contribution in [3.8, 4) is 11.5 Å². The van der Waals surface area contributed by atoms with Crippen LogP contribution in [0.25, 0.3) is 10.9 Å². The maximum atomic E-state index is 5.87. The highest BCUT2D eigenvalue weighted by Gasteiger charge is 2.08. The van der Waals surface area contributed by atoms with Gasteiger partial charge in [-0.15, -0.1) is 11.6 Å². The van der Waals surface area contributed by atoms with Crippen LogP contribution in [-0.4, -0.2) is 14.8 Å². The van der Waals surface area contributed by atoms with Gasteiger partial charge in [-0.05, 0) is 12.1 Å². The van der Waals surface area contributed by atoms with E-state index < -0.39 is 0 Å². The van der Waals surface area contributed by atoms with Crippen molar-refractivity contribution in [1.29, 1.82) is 0 Å². The van der Waals surface area contributed by atoms with Gasteiger partial charge in [0.15, 0.2) is 5.75 Å². The highest BCUT2D eigenvalue weighted by Crippen LogP contribution is 2.30. The molecule has 2 heterocycles. The zero-order valence-electron chi connectivity index (χ0n) is 10.4. The maximum Gasteiger partial charge on any atom is 0.165 e. The fourth-order valence-corrected chi connectivity index (χ4v) is 2.06. The first-order chi connectivity index (χ1) is 9.26. The van der Waals surface area contributed by atoms with Gasteiger partial charge >= 0.3 is 0 Å². The number of ether oxygens (including phenoxy) is 1. The second kappa shape index (κ2) is 4.90. The van der Waals surface area contributed by atoms with Gasteiger partial charge in [0.1, 0.15) is 5.75 Å². The smallest absolute Gasteiger partial charge is 0.165 e. The molecule has 0 unspecified atom stereocenters. The van der Waals surface area contributed by atoms with Crippen molar-refractivity contribution in [2.75, 3.05) is 0 Å². The lowest BCUT2D eigenvalue weighted by Crippen LogP contribution is -1.91. The number of aryl methyl sites for hydroxylation is 1. The minimum absolute atomic E-state index is 0.355. The average Bonchev–Trinajstić information content (AvgIpc) is 2.84. The predicted octanol–water partition coefficient (Wildman–Crippen LogP) is 3.50. The van der Waals surface area contributed by atoms with Crippen molar-refractivity contribution in [3.63, 3.8) is 0 Å². The van der Waals surface area contributed by atoms with Crippen LogP contribution in [-0.2, 0) is 12.9 Å². The number of hydrogen-bond acceptors (Lipinski definition) is 3. The van der Waals surface area contributed by atoms with Gasteiger partial charge in [0, 0.05) is 18.5 Å². The summed E-state index contributed by atoms with van der Waals surface area (Å²) in [6.45, 7) is 0. The van der Waals surface area contributed by atoms with Crippen molar-refractivity contribution in [3.05, 3.63) is 48.4 Å². The molecular formula is C14H12ClN3O. The van der Waals surface area contributed by atoms with Gasteiger partial charge in [0.25, 0.3) is 0 Å². The van der Waals surface area contributed by atoms with Gasteiger partial charge in [-0.3, -0.25) is 9.67 Å². The quantitative estimate of drug-likeness (QED) is 0.686. The van der Waals surface area contributed by atoms with E-state index in [2.05, 4.69) is 10.1 Å². The molecule has 0 aliphatic carbocycles. The Bertz CT molecular complexity index is 724. The molecule has 0 aliphatic heterocycles. The summed E-state index contributed by atoms with van der Waals surface area (Å²) in [6.07, 6.45) is 3.49. The first-order valence-corrected chi connectivity index (χ1v) is 6.41. The number of aromatic nitrogens is 3. The van der Waals surface area contributed by atoms with E-state index in [9.17, 15) is 0 Å². The second-order valence-corrected chi connectivity index (χ2v) is 4.48. The summed E-state index contributed by atoms with van der Waals surface area (Å²) in [5.41, 5.74) is 1.67. The van der Waals surface area contributed by atoms with Crippen LogP contribution >= 0.6 is 11.6 Å². The third-order valence-electron chi connectivity index (χ3n) is 2.78. The fourth-order valence-electron chi connectivity index (χ4n) is 1.93. The number of fused-ring (bicyclic) bond motifs is 1. The van der Waals surface area contributed by atoms with E-state index in [0.29, 0.717) is 11.6 Å². The molecule has 0 aliphatic rings. The van der Waals surface area contributed by atoms with Crippen molar-refractivity contribution in [2.45, 2.75) is 5.88 Å². The zero-order chi connectivity index (χ0) is 13.2. The summed E-state index contributed by atoms with van der Waals surface area (Å²) >= 11 is 5.87. The lowest BCUT2D eigenvalue weighted by molar-refractivity contribution is 0.486. The van der Waals surface area contributed by atoms with E-state index in [1.807, 2.05) is 43.6 Å². The molecule has 1 aromatic carbocycles. The summed E-state index contributed by atoms with van der Waals surface area (Å²) in [6, 6.07) is 9.69. The number of benzene rings is 1. The van der Waals surface area contributed by atoms with E-state index in [4.69, 9.17) is 16.3 Å². The highest BCUT2D eigenvalue weighted by molar-refractivity contribution is 6.17. The van der Waals surface area contributed by atoms with E-state index in [0.717, 1.165) is 22.3 Å². The van der Waals surface area contributed by atoms with Gasteiger partial charge in [0.2, 0.25) is 0 Å². The number of para-hydroxylation sites is 1. The Morgan fingerprint density at radius 2 is 2.16 bits per heavy atom. The standard InChI is InChI=1S/C14H12ClN3O/c1-18-9-11(8-16-18)19-14-6-10(7-15)17-13-5-3-2-4-12(13)14/h2-6,8-9H,7H2,1H3. The molecule has 0 radical (unpaired) electrons. The monoisotopic (exact) mass is 273 g/mol.